The highest BCUT2D eigenvalue weighted by atomic mass is 16.5. The quantitative estimate of drug-likeness (QED) is 0.839. The lowest BCUT2D eigenvalue weighted by atomic mass is 10.1. The van der Waals surface area contributed by atoms with Gasteiger partial charge in [0.2, 0.25) is 0 Å². The second-order valence-corrected chi connectivity index (χ2v) is 4.31. The lowest BCUT2D eigenvalue weighted by molar-refractivity contribution is 0.415. The van der Waals surface area contributed by atoms with Crippen LogP contribution in [-0.4, -0.2) is 14.2 Å². The number of nitrogens with zero attached hydrogens (tertiary/aromatic N) is 1. The maximum Gasteiger partial charge on any atom is 0.120 e. The van der Waals surface area contributed by atoms with Crippen LogP contribution in [0.1, 0.15) is 5.56 Å². The number of nitrogens with two attached hydrogens (primary N) is 1. The van der Waals surface area contributed by atoms with Crippen molar-refractivity contribution in [3.63, 3.8) is 0 Å². The molecule has 0 aliphatic heterocycles. The fourth-order valence-electron chi connectivity index (χ4n) is 2.01. The van der Waals surface area contributed by atoms with Crippen LogP contribution < -0.4 is 15.4 Å². The Bertz CT molecular complexity index is 552. The molecular weight excluding hydrogens is 224 g/mol. The van der Waals surface area contributed by atoms with Crippen molar-refractivity contribution in [3.05, 3.63) is 48.0 Å². The van der Waals surface area contributed by atoms with Crippen molar-refractivity contribution in [1.29, 1.82) is 0 Å². The van der Waals surface area contributed by atoms with Crippen LogP contribution in [0, 0.1) is 6.92 Å². The molecule has 0 aliphatic rings. The van der Waals surface area contributed by atoms with E-state index in [2.05, 4.69) is 17.9 Å². The summed E-state index contributed by atoms with van der Waals surface area (Å²) < 4.78 is 5.24. The van der Waals surface area contributed by atoms with Gasteiger partial charge in [0.05, 0.1) is 7.11 Å². The van der Waals surface area contributed by atoms with Gasteiger partial charge in [-0.1, -0.05) is 6.07 Å². The lowest BCUT2D eigenvalue weighted by Gasteiger charge is -2.22. The summed E-state index contributed by atoms with van der Waals surface area (Å²) in [5, 5.41) is 0. The summed E-state index contributed by atoms with van der Waals surface area (Å²) in [6.07, 6.45) is 0. The fraction of sp³-hybridized carbons (Fsp3) is 0.200. The minimum absolute atomic E-state index is 0.787. The molecule has 0 bridgehead atoms. The third-order valence-corrected chi connectivity index (χ3v) is 3.02. The maximum absolute atomic E-state index is 5.77. The Labute approximate surface area is 108 Å². The number of hydrogen-bond acceptors (Lipinski definition) is 3. The lowest BCUT2D eigenvalue weighted by Crippen LogP contribution is -2.11. The SMILES string of the molecule is COc1cccc(N(C)c2ccc(N)cc2C)c1. The van der Waals surface area contributed by atoms with E-state index in [4.69, 9.17) is 10.5 Å². The van der Waals surface area contributed by atoms with Gasteiger partial charge in [-0.3, -0.25) is 0 Å². The van der Waals surface area contributed by atoms with Crippen molar-refractivity contribution < 1.29 is 4.74 Å². The van der Waals surface area contributed by atoms with Crippen molar-refractivity contribution in [2.75, 3.05) is 24.8 Å². The van der Waals surface area contributed by atoms with Gasteiger partial charge in [-0.15, -0.1) is 0 Å². The highest BCUT2D eigenvalue weighted by Crippen LogP contribution is 2.29. The zero-order valence-electron chi connectivity index (χ0n) is 11.0. The smallest absolute Gasteiger partial charge is 0.120 e. The molecule has 0 fully saturated rings. The number of methoxy groups -OCH3 is 1. The van der Waals surface area contributed by atoms with Gasteiger partial charge in [0, 0.05) is 30.2 Å². The minimum Gasteiger partial charge on any atom is -0.497 e. The van der Waals surface area contributed by atoms with E-state index < -0.39 is 0 Å². The summed E-state index contributed by atoms with van der Waals surface area (Å²) in [6, 6.07) is 13.9. The van der Waals surface area contributed by atoms with Crippen molar-refractivity contribution in [2.45, 2.75) is 6.92 Å². The molecule has 0 amide bonds. The van der Waals surface area contributed by atoms with Crippen LogP contribution in [0.25, 0.3) is 0 Å². The average molecular weight is 242 g/mol. The fourth-order valence-corrected chi connectivity index (χ4v) is 2.01. The molecule has 2 rings (SSSR count). The Hall–Kier alpha value is -2.16. The van der Waals surface area contributed by atoms with Crippen LogP contribution in [0.3, 0.4) is 0 Å². The number of aryl methyl sites for hydroxylation is 1. The first-order chi connectivity index (χ1) is 8.61. The zero-order valence-corrected chi connectivity index (χ0v) is 11.0. The molecule has 0 heterocycles. The van der Waals surface area contributed by atoms with Crippen molar-refractivity contribution >= 4 is 17.1 Å². The standard InChI is InChI=1S/C15H18N2O/c1-11-9-12(16)7-8-15(11)17(2)13-5-4-6-14(10-13)18-3/h4-10H,16H2,1-3H3. The predicted octanol–water partition coefficient (Wildman–Crippen LogP) is 3.35. The van der Waals surface area contributed by atoms with E-state index in [1.165, 1.54) is 0 Å². The van der Waals surface area contributed by atoms with E-state index in [0.29, 0.717) is 0 Å². The Kier molecular flexibility index (Phi) is 3.42. The van der Waals surface area contributed by atoms with Crippen LogP contribution >= 0.6 is 0 Å². The first kappa shape index (κ1) is 12.3. The molecule has 0 unspecified atom stereocenters. The van der Waals surface area contributed by atoms with Gasteiger partial charge in [-0.05, 0) is 42.8 Å². The first-order valence-electron chi connectivity index (χ1n) is 5.85. The van der Waals surface area contributed by atoms with E-state index in [0.717, 1.165) is 28.4 Å². The minimum atomic E-state index is 0.787. The molecule has 0 radical (unpaired) electrons. The summed E-state index contributed by atoms with van der Waals surface area (Å²) in [4.78, 5) is 2.12. The molecule has 94 valence electrons. The number of nitrogen functional groups attached to an aromatic ring is 1. The van der Waals surface area contributed by atoms with Gasteiger partial charge < -0.3 is 15.4 Å². The molecule has 0 spiro atoms. The van der Waals surface area contributed by atoms with Crippen LogP contribution in [0.2, 0.25) is 0 Å². The van der Waals surface area contributed by atoms with Crippen molar-refractivity contribution in [2.24, 2.45) is 0 Å². The van der Waals surface area contributed by atoms with E-state index in [-0.39, 0.29) is 0 Å². The van der Waals surface area contributed by atoms with Gasteiger partial charge in [-0.2, -0.15) is 0 Å². The van der Waals surface area contributed by atoms with Crippen LogP contribution in [0.15, 0.2) is 42.5 Å². The predicted molar refractivity (Wildman–Crippen MR) is 76.6 cm³/mol. The van der Waals surface area contributed by atoms with Crippen LogP contribution in [0.5, 0.6) is 5.75 Å². The van der Waals surface area contributed by atoms with Gasteiger partial charge in [-0.25, -0.2) is 0 Å². The van der Waals surface area contributed by atoms with Crippen molar-refractivity contribution in [1.82, 2.24) is 0 Å². The summed E-state index contributed by atoms with van der Waals surface area (Å²) in [6.45, 7) is 2.06. The third kappa shape index (κ3) is 2.40. The van der Waals surface area contributed by atoms with Gasteiger partial charge >= 0.3 is 0 Å². The number of hydrogen-bond donors (Lipinski definition) is 1. The maximum atomic E-state index is 5.77. The molecule has 18 heavy (non-hydrogen) atoms. The number of rotatable bonds is 3. The molecule has 2 N–H and O–H groups in total. The molecular formula is C15H18N2O. The van der Waals surface area contributed by atoms with Gasteiger partial charge in [0.1, 0.15) is 5.75 Å². The number of ether oxygens (including phenoxy) is 1. The molecule has 0 saturated carbocycles. The normalized spacial score (nSPS) is 10.2. The molecule has 0 aromatic heterocycles. The molecule has 2 aromatic carbocycles. The highest BCUT2D eigenvalue weighted by Gasteiger charge is 2.07. The Morgan fingerprint density at radius 1 is 1.11 bits per heavy atom. The molecule has 3 heteroatoms. The van der Waals surface area contributed by atoms with Crippen LogP contribution in [0.4, 0.5) is 17.1 Å². The highest BCUT2D eigenvalue weighted by molar-refractivity contribution is 5.68. The van der Waals surface area contributed by atoms with Gasteiger partial charge in [0.25, 0.3) is 0 Å². The first-order valence-corrected chi connectivity index (χ1v) is 5.85. The molecule has 3 nitrogen and oxygen atoms in total. The largest absolute Gasteiger partial charge is 0.497 e. The second-order valence-electron chi connectivity index (χ2n) is 4.31. The van der Waals surface area contributed by atoms with Gasteiger partial charge in [0.15, 0.2) is 0 Å². The Morgan fingerprint density at radius 3 is 2.56 bits per heavy atom. The number of benzene rings is 2. The summed E-state index contributed by atoms with van der Waals surface area (Å²) >= 11 is 0. The topological polar surface area (TPSA) is 38.5 Å². The van der Waals surface area contributed by atoms with E-state index in [1.807, 2.05) is 43.4 Å². The molecule has 2 aromatic rings. The third-order valence-electron chi connectivity index (χ3n) is 3.02. The average Bonchev–Trinajstić information content (AvgIpc) is 2.38. The van der Waals surface area contributed by atoms with E-state index in [1.54, 1.807) is 7.11 Å². The summed E-state index contributed by atoms with van der Waals surface area (Å²) in [5.41, 5.74) is 9.94. The summed E-state index contributed by atoms with van der Waals surface area (Å²) in [7, 11) is 3.71. The molecule has 0 saturated heterocycles. The van der Waals surface area contributed by atoms with E-state index in [9.17, 15) is 0 Å². The van der Waals surface area contributed by atoms with Crippen LogP contribution in [-0.2, 0) is 0 Å². The van der Waals surface area contributed by atoms with Crippen molar-refractivity contribution in [3.8, 4) is 5.75 Å². The monoisotopic (exact) mass is 242 g/mol. The zero-order chi connectivity index (χ0) is 13.1. The second kappa shape index (κ2) is 5.00. The van der Waals surface area contributed by atoms with E-state index >= 15 is 0 Å². The Morgan fingerprint density at radius 2 is 1.89 bits per heavy atom. The number of anilines is 3. The Balaban J connectivity index is 2.37. The summed E-state index contributed by atoms with van der Waals surface area (Å²) in [5.74, 6) is 0.854. The molecule has 0 aliphatic carbocycles. The molecule has 0 atom stereocenters.